The van der Waals surface area contributed by atoms with Crippen LogP contribution in [0.4, 0.5) is 0 Å². The van der Waals surface area contributed by atoms with E-state index in [1.807, 2.05) is 0 Å². The van der Waals surface area contributed by atoms with Crippen LogP contribution in [0.25, 0.3) is 0 Å². The van der Waals surface area contributed by atoms with Gasteiger partial charge in [-0.05, 0) is 50.9 Å². The normalized spacial score (nSPS) is 31.3. The molecule has 2 unspecified atom stereocenters. The number of nitrogens with zero attached hydrogens (tertiary/aromatic N) is 1. The predicted octanol–water partition coefficient (Wildman–Crippen LogP) is 2.14. The van der Waals surface area contributed by atoms with Gasteiger partial charge in [0.15, 0.2) is 0 Å². The zero-order chi connectivity index (χ0) is 14.3. The second kappa shape index (κ2) is 5.30. The first kappa shape index (κ1) is 14.3. The fourth-order valence-electron chi connectivity index (χ4n) is 3.84. The Morgan fingerprint density at radius 3 is 2.50 bits per heavy atom. The van der Waals surface area contributed by atoms with Gasteiger partial charge in [0.2, 0.25) is 5.91 Å². The van der Waals surface area contributed by atoms with Gasteiger partial charge in [0.05, 0.1) is 11.7 Å². The summed E-state index contributed by atoms with van der Waals surface area (Å²) >= 11 is 0. The summed E-state index contributed by atoms with van der Waals surface area (Å²) in [5, 5.41) is 3.64. The van der Waals surface area contributed by atoms with Crippen LogP contribution in [0.1, 0.15) is 52.9 Å². The van der Waals surface area contributed by atoms with Crippen molar-refractivity contribution in [2.75, 3.05) is 13.2 Å². The SMILES string of the molecule is CC(C)CC1NC2(CC2)C(=O)N1C(C)C1CCOCC1. The van der Waals surface area contributed by atoms with E-state index in [2.05, 4.69) is 31.0 Å². The monoisotopic (exact) mass is 280 g/mol. The number of rotatable bonds is 4. The first-order valence-electron chi connectivity index (χ1n) is 8.22. The fraction of sp³-hybridized carbons (Fsp3) is 0.938. The number of hydrogen-bond acceptors (Lipinski definition) is 3. The summed E-state index contributed by atoms with van der Waals surface area (Å²) in [4.78, 5) is 15.0. The van der Waals surface area contributed by atoms with E-state index in [0.29, 0.717) is 23.8 Å². The van der Waals surface area contributed by atoms with Crippen molar-refractivity contribution in [2.24, 2.45) is 11.8 Å². The molecule has 0 aromatic rings. The molecule has 1 amide bonds. The Kier molecular flexibility index (Phi) is 3.80. The van der Waals surface area contributed by atoms with Crippen LogP contribution in [-0.4, -0.2) is 41.8 Å². The number of carbonyl (C=O) groups is 1. The molecule has 3 fully saturated rings. The molecule has 3 aliphatic rings. The van der Waals surface area contributed by atoms with E-state index in [-0.39, 0.29) is 11.7 Å². The second-order valence-electron chi connectivity index (χ2n) is 7.27. The predicted molar refractivity (Wildman–Crippen MR) is 78.2 cm³/mol. The van der Waals surface area contributed by atoms with Crippen molar-refractivity contribution in [3.8, 4) is 0 Å². The summed E-state index contributed by atoms with van der Waals surface area (Å²) in [6.07, 6.45) is 5.53. The van der Waals surface area contributed by atoms with E-state index in [1.165, 1.54) is 0 Å². The lowest BCUT2D eigenvalue weighted by Crippen LogP contribution is -2.48. The van der Waals surface area contributed by atoms with Crippen molar-refractivity contribution in [3.05, 3.63) is 0 Å². The minimum absolute atomic E-state index is 0.182. The van der Waals surface area contributed by atoms with Crippen LogP contribution in [0.5, 0.6) is 0 Å². The Morgan fingerprint density at radius 2 is 1.95 bits per heavy atom. The minimum Gasteiger partial charge on any atom is -0.381 e. The van der Waals surface area contributed by atoms with Crippen molar-refractivity contribution in [1.29, 1.82) is 0 Å². The highest BCUT2D eigenvalue weighted by Crippen LogP contribution is 2.44. The molecule has 114 valence electrons. The third kappa shape index (κ3) is 2.48. The molecule has 2 aliphatic heterocycles. The van der Waals surface area contributed by atoms with Gasteiger partial charge in [0, 0.05) is 19.3 Å². The molecular formula is C16H28N2O2. The molecule has 2 heterocycles. The van der Waals surface area contributed by atoms with Gasteiger partial charge < -0.3 is 9.64 Å². The van der Waals surface area contributed by atoms with Crippen LogP contribution in [-0.2, 0) is 9.53 Å². The highest BCUT2D eigenvalue weighted by molar-refractivity contribution is 5.92. The van der Waals surface area contributed by atoms with Gasteiger partial charge in [0.1, 0.15) is 0 Å². The van der Waals surface area contributed by atoms with E-state index in [9.17, 15) is 4.79 Å². The molecule has 1 aliphatic carbocycles. The maximum atomic E-state index is 12.8. The maximum Gasteiger partial charge on any atom is 0.244 e. The molecule has 1 N–H and O–H groups in total. The largest absolute Gasteiger partial charge is 0.381 e. The number of amides is 1. The number of nitrogens with one attached hydrogen (secondary N) is 1. The van der Waals surface area contributed by atoms with E-state index in [4.69, 9.17) is 4.74 Å². The lowest BCUT2D eigenvalue weighted by atomic mass is 9.91. The van der Waals surface area contributed by atoms with E-state index in [0.717, 1.165) is 45.3 Å². The average Bonchev–Trinajstić information content (AvgIpc) is 3.14. The summed E-state index contributed by atoms with van der Waals surface area (Å²) in [5.74, 6) is 1.57. The molecule has 2 atom stereocenters. The second-order valence-corrected chi connectivity index (χ2v) is 7.27. The lowest BCUT2D eigenvalue weighted by Gasteiger charge is -2.37. The number of hydrogen-bond donors (Lipinski definition) is 1. The summed E-state index contributed by atoms with van der Waals surface area (Å²) < 4.78 is 5.46. The first-order chi connectivity index (χ1) is 9.53. The Labute approximate surface area is 122 Å². The molecular weight excluding hydrogens is 252 g/mol. The van der Waals surface area contributed by atoms with Crippen molar-refractivity contribution in [1.82, 2.24) is 10.2 Å². The molecule has 0 aromatic carbocycles. The fourth-order valence-corrected chi connectivity index (χ4v) is 3.84. The zero-order valence-corrected chi connectivity index (χ0v) is 13.0. The van der Waals surface area contributed by atoms with Gasteiger partial charge in [-0.3, -0.25) is 10.1 Å². The van der Waals surface area contributed by atoms with E-state index in [1.54, 1.807) is 0 Å². The van der Waals surface area contributed by atoms with Crippen molar-refractivity contribution in [3.63, 3.8) is 0 Å². The van der Waals surface area contributed by atoms with Crippen LogP contribution < -0.4 is 5.32 Å². The molecule has 1 saturated carbocycles. The van der Waals surface area contributed by atoms with Crippen molar-refractivity contribution in [2.45, 2.75) is 70.6 Å². The first-order valence-corrected chi connectivity index (χ1v) is 8.22. The topological polar surface area (TPSA) is 41.6 Å². The Hall–Kier alpha value is -0.610. The van der Waals surface area contributed by atoms with Gasteiger partial charge in [0.25, 0.3) is 0 Å². The minimum atomic E-state index is -0.182. The number of ether oxygens (including phenoxy) is 1. The zero-order valence-electron chi connectivity index (χ0n) is 13.0. The molecule has 0 bridgehead atoms. The maximum absolute atomic E-state index is 12.8. The molecule has 0 aromatic heterocycles. The van der Waals surface area contributed by atoms with Gasteiger partial charge in [-0.1, -0.05) is 13.8 Å². The molecule has 4 nitrogen and oxygen atoms in total. The lowest BCUT2D eigenvalue weighted by molar-refractivity contribution is -0.134. The molecule has 20 heavy (non-hydrogen) atoms. The van der Waals surface area contributed by atoms with Crippen LogP contribution in [0.3, 0.4) is 0 Å². The summed E-state index contributed by atoms with van der Waals surface area (Å²) in [6, 6.07) is 0.336. The van der Waals surface area contributed by atoms with Crippen LogP contribution in [0.15, 0.2) is 0 Å². The smallest absolute Gasteiger partial charge is 0.244 e. The number of carbonyl (C=O) groups excluding carboxylic acids is 1. The van der Waals surface area contributed by atoms with Gasteiger partial charge in [-0.15, -0.1) is 0 Å². The molecule has 1 spiro atoms. The van der Waals surface area contributed by atoms with Crippen molar-refractivity contribution >= 4 is 5.91 Å². The van der Waals surface area contributed by atoms with E-state index < -0.39 is 0 Å². The average molecular weight is 280 g/mol. The Bertz CT molecular complexity index is 373. The molecule has 2 saturated heterocycles. The third-order valence-corrected chi connectivity index (χ3v) is 5.25. The third-order valence-electron chi connectivity index (χ3n) is 5.25. The van der Waals surface area contributed by atoms with E-state index >= 15 is 0 Å². The molecule has 4 heteroatoms. The summed E-state index contributed by atoms with van der Waals surface area (Å²) in [7, 11) is 0. The summed E-state index contributed by atoms with van der Waals surface area (Å²) in [5.41, 5.74) is -0.182. The van der Waals surface area contributed by atoms with Gasteiger partial charge >= 0.3 is 0 Å². The van der Waals surface area contributed by atoms with Crippen LogP contribution >= 0.6 is 0 Å². The Balaban J connectivity index is 1.74. The standard InChI is InChI=1S/C16H28N2O2/c1-11(2)10-14-17-16(6-7-16)15(19)18(14)12(3)13-4-8-20-9-5-13/h11-14,17H,4-10H2,1-3H3. The quantitative estimate of drug-likeness (QED) is 0.858. The van der Waals surface area contributed by atoms with Gasteiger partial charge in [-0.25, -0.2) is 0 Å². The van der Waals surface area contributed by atoms with Crippen LogP contribution in [0.2, 0.25) is 0 Å². The highest BCUT2D eigenvalue weighted by Gasteiger charge is 2.60. The highest BCUT2D eigenvalue weighted by atomic mass is 16.5. The van der Waals surface area contributed by atoms with Crippen molar-refractivity contribution < 1.29 is 9.53 Å². The van der Waals surface area contributed by atoms with Gasteiger partial charge in [-0.2, -0.15) is 0 Å². The Morgan fingerprint density at radius 1 is 1.30 bits per heavy atom. The van der Waals surface area contributed by atoms with Crippen LogP contribution in [0, 0.1) is 11.8 Å². The summed E-state index contributed by atoms with van der Waals surface area (Å²) in [6.45, 7) is 8.42. The molecule has 3 rings (SSSR count). The molecule has 0 radical (unpaired) electrons.